The Labute approximate surface area is 61.0 Å². The van der Waals surface area contributed by atoms with Gasteiger partial charge in [-0.3, -0.25) is 4.79 Å². The summed E-state index contributed by atoms with van der Waals surface area (Å²) in [7, 11) is 0. The van der Waals surface area contributed by atoms with Crippen molar-refractivity contribution < 1.29 is 14.6 Å². The van der Waals surface area contributed by atoms with Crippen LogP contribution in [0.5, 0.6) is 0 Å². The molecule has 3 nitrogen and oxygen atoms in total. The van der Waals surface area contributed by atoms with Crippen LogP contribution in [0.15, 0.2) is 0 Å². The van der Waals surface area contributed by atoms with E-state index >= 15 is 0 Å². The van der Waals surface area contributed by atoms with Crippen LogP contribution in [0, 0.1) is 5.92 Å². The molecule has 0 aliphatic carbocycles. The average Bonchev–Trinajstić information content (AvgIpc) is 1.87. The van der Waals surface area contributed by atoms with Gasteiger partial charge in [0.15, 0.2) is 0 Å². The molecule has 0 aromatic heterocycles. The number of hydrogen-bond acceptors (Lipinski definition) is 3. The monoisotopic (exact) mass is 146 g/mol. The number of ether oxygens (including phenoxy) is 1. The quantitative estimate of drug-likeness (QED) is 0.589. The Morgan fingerprint density at radius 3 is 2.20 bits per heavy atom. The smallest absolute Gasteiger partial charge is 0.293 e. The summed E-state index contributed by atoms with van der Waals surface area (Å²) in [4.78, 5) is 9.81. The molecule has 10 heavy (non-hydrogen) atoms. The highest BCUT2D eigenvalue weighted by Crippen LogP contribution is 2.07. The largest absolute Gasteiger partial charge is 0.462 e. The van der Waals surface area contributed by atoms with Crippen molar-refractivity contribution in [2.45, 2.75) is 33.0 Å². The predicted molar refractivity (Wildman–Crippen MR) is 37.5 cm³/mol. The normalized spacial score (nSPS) is 16.5. The SMILES string of the molecule is CC(C)C(O)C(C)OC=O. The van der Waals surface area contributed by atoms with Crippen LogP contribution in [0.3, 0.4) is 0 Å². The molecule has 2 unspecified atom stereocenters. The zero-order valence-corrected chi connectivity index (χ0v) is 6.57. The van der Waals surface area contributed by atoms with Crippen LogP contribution in [0.2, 0.25) is 0 Å². The highest BCUT2D eigenvalue weighted by Gasteiger charge is 2.17. The van der Waals surface area contributed by atoms with Gasteiger partial charge in [-0.15, -0.1) is 0 Å². The Morgan fingerprint density at radius 1 is 1.40 bits per heavy atom. The van der Waals surface area contributed by atoms with Crippen LogP contribution in [0.4, 0.5) is 0 Å². The van der Waals surface area contributed by atoms with Gasteiger partial charge >= 0.3 is 0 Å². The third kappa shape index (κ3) is 2.82. The molecule has 0 radical (unpaired) electrons. The van der Waals surface area contributed by atoms with E-state index < -0.39 is 12.2 Å². The van der Waals surface area contributed by atoms with E-state index in [-0.39, 0.29) is 5.92 Å². The van der Waals surface area contributed by atoms with Gasteiger partial charge in [0.2, 0.25) is 0 Å². The fourth-order valence-corrected chi connectivity index (χ4v) is 0.710. The van der Waals surface area contributed by atoms with Gasteiger partial charge in [-0.25, -0.2) is 0 Å². The van der Waals surface area contributed by atoms with Crippen molar-refractivity contribution in [1.82, 2.24) is 0 Å². The van der Waals surface area contributed by atoms with Crippen molar-refractivity contribution >= 4 is 6.47 Å². The lowest BCUT2D eigenvalue weighted by molar-refractivity contribution is -0.139. The fourth-order valence-electron chi connectivity index (χ4n) is 0.710. The van der Waals surface area contributed by atoms with Crippen molar-refractivity contribution in [2.24, 2.45) is 5.92 Å². The molecule has 0 fully saturated rings. The van der Waals surface area contributed by atoms with E-state index in [9.17, 15) is 9.90 Å². The molecule has 0 aromatic rings. The lowest BCUT2D eigenvalue weighted by atomic mass is 10.0. The number of carbonyl (C=O) groups excluding carboxylic acids is 1. The molecule has 0 bridgehead atoms. The number of aliphatic hydroxyl groups is 1. The first-order chi connectivity index (χ1) is 4.59. The molecule has 3 heteroatoms. The second kappa shape index (κ2) is 4.28. The summed E-state index contributed by atoms with van der Waals surface area (Å²) in [5.74, 6) is 0.120. The third-order valence-electron chi connectivity index (χ3n) is 1.43. The summed E-state index contributed by atoms with van der Waals surface area (Å²) in [5.41, 5.74) is 0. The average molecular weight is 146 g/mol. The highest BCUT2D eigenvalue weighted by molar-refractivity contribution is 5.37. The van der Waals surface area contributed by atoms with Crippen molar-refractivity contribution in [3.63, 3.8) is 0 Å². The molecule has 0 aromatic carbocycles. The topological polar surface area (TPSA) is 46.5 Å². The Hall–Kier alpha value is -0.570. The van der Waals surface area contributed by atoms with Crippen LogP contribution in [0.25, 0.3) is 0 Å². The minimum absolute atomic E-state index is 0.120. The lowest BCUT2D eigenvalue weighted by Crippen LogP contribution is -2.30. The molecule has 0 heterocycles. The van der Waals surface area contributed by atoms with Gasteiger partial charge in [-0.2, -0.15) is 0 Å². The summed E-state index contributed by atoms with van der Waals surface area (Å²) in [6.07, 6.45) is -0.970. The fraction of sp³-hybridized carbons (Fsp3) is 0.857. The van der Waals surface area contributed by atoms with Gasteiger partial charge in [0.05, 0.1) is 6.10 Å². The van der Waals surface area contributed by atoms with Gasteiger partial charge < -0.3 is 9.84 Å². The van der Waals surface area contributed by atoms with E-state index in [0.717, 1.165) is 0 Å². The maximum atomic E-state index is 9.81. The molecule has 1 N–H and O–H groups in total. The zero-order chi connectivity index (χ0) is 8.15. The standard InChI is InChI=1S/C7H14O3/c1-5(2)7(9)6(3)10-4-8/h4-7,9H,1-3H3. The van der Waals surface area contributed by atoms with Crippen LogP contribution < -0.4 is 0 Å². The maximum absolute atomic E-state index is 9.81. The first-order valence-electron chi connectivity index (χ1n) is 3.36. The molecular formula is C7H14O3. The Balaban J connectivity index is 3.68. The van der Waals surface area contributed by atoms with E-state index in [1.165, 1.54) is 0 Å². The predicted octanol–water partition coefficient (Wildman–Crippen LogP) is 0.565. The molecule has 0 rings (SSSR count). The van der Waals surface area contributed by atoms with E-state index in [0.29, 0.717) is 6.47 Å². The summed E-state index contributed by atoms with van der Waals surface area (Å²) in [5, 5.41) is 9.24. The Kier molecular flexibility index (Phi) is 4.03. The lowest BCUT2D eigenvalue weighted by Gasteiger charge is -2.19. The van der Waals surface area contributed by atoms with Gasteiger partial charge in [0.1, 0.15) is 6.10 Å². The zero-order valence-electron chi connectivity index (χ0n) is 6.57. The first-order valence-corrected chi connectivity index (χ1v) is 3.36. The van der Waals surface area contributed by atoms with Crippen LogP contribution in [0.1, 0.15) is 20.8 Å². The van der Waals surface area contributed by atoms with E-state index in [2.05, 4.69) is 4.74 Å². The van der Waals surface area contributed by atoms with E-state index in [1.807, 2.05) is 13.8 Å². The van der Waals surface area contributed by atoms with Gasteiger partial charge in [0.25, 0.3) is 6.47 Å². The molecule has 60 valence electrons. The van der Waals surface area contributed by atoms with Crippen molar-refractivity contribution in [1.29, 1.82) is 0 Å². The van der Waals surface area contributed by atoms with Crippen LogP contribution in [-0.4, -0.2) is 23.8 Å². The summed E-state index contributed by atoms with van der Waals surface area (Å²) in [6, 6.07) is 0. The van der Waals surface area contributed by atoms with Gasteiger partial charge in [0, 0.05) is 0 Å². The van der Waals surface area contributed by atoms with Gasteiger partial charge in [-0.1, -0.05) is 13.8 Å². The second-order valence-electron chi connectivity index (χ2n) is 2.67. The van der Waals surface area contributed by atoms with Crippen molar-refractivity contribution in [3.05, 3.63) is 0 Å². The first kappa shape index (κ1) is 9.43. The number of carbonyl (C=O) groups is 1. The molecular weight excluding hydrogens is 132 g/mol. The van der Waals surface area contributed by atoms with Crippen LogP contribution in [-0.2, 0) is 9.53 Å². The molecule has 0 aliphatic heterocycles. The molecule has 0 spiro atoms. The number of aliphatic hydroxyl groups excluding tert-OH is 1. The molecule has 0 amide bonds. The molecule has 0 saturated carbocycles. The minimum atomic E-state index is -0.565. The number of hydrogen-bond donors (Lipinski definition) is 1. The minimum Gasteiger partial charge on any atom is -0.462 e. The Bertz CT molecular complexity index is 101. The second-order valence-corrected chi connectivity index (χ2v) is 2.67. The third-order valence-corrected chi connectivity index (χ3v) is 1.43. The molecule has 0 saturated heterocycles. The van der Waals surface area contributed by atoms with E-state index in [4.69, 9.17) is 0 Å². The molecule has 2 atom stereocenters. The summed E-state index contributed by atoms with van der Waals surface area (Å²) in [6.45, 7) is 5.76. The summed E-state index contributed by atoms with van der Waals surface area (Å²) >= 11 is 0. The molecule has 0 aliphatic rings. The maximum Gasteiger partial charge on any atom is 0.293 e. The Morgan fingerprint density at radius 2 is 1.90 bits per heavy atom. The summed E-state index contributed by atoms with van der Waals surface area (Å²) < 4.78 is 4.53. The van der Waals surface area contributed by atoms with Crippen molar-refractivity contribution in [3.8, 4) is 0 Å². The van der Waals surface area contributed by atoms with Crippen molar-refractivity contribution in [2.75, 3.05) is 0 Å². The number of rotatable bonds is 4. The van der Waals surface area contributed by atoms with Crippen LogP contribution >= 0.6 is 0 Å². The van der Waals surface area contributed by atoms with Gasteiger partial charge in [-0.05, 0) is 12.8 Å². The van der Waals surface area contributed by atoms with E-state index in [1.54, 1.807) is 6.92 Å². The highest BCUT2D eigenvalue weighted by atomic mass is 16.5.